The molecule has 1 aromatic heterocycles. The lowest BCUT2D eigenvalue weighted by atomic mass is 9.57. The number of fused-ring (bicyclic) bond motifs is 3. The monoisotopic (exact) mass is 533 g/mol. The maximum absolute atomic E-state index is 13.3. The first-order valence-electron chi connectivity index (χ1n) is 11.7. The van der Waals surface area contributed by atoms with Crippen molar-refractivity contribution in [3.05, 3.63) is 40.4 Å². The van der Waals surface area contributed by atoms with Crippen LogP contribution in [0.3, 0.4) is 0 Å². The topological polar surface area (TPSA) is 54.3 Å². The third-order valence-corrected chi connectivity index (χ3v) is 8.20. The average Bonchev–Trinajstić information content (AvgIpc) is 3.45. The fraction of sp³-hybridized carbons (Fsp3) is 0.609. The number of hydrogen-bond acceptors (Lipinski definition) is 4. The van der Waals surface area contributed by atoms with Crippen LogP contribution in [-0.4, -0.2) is 62.5 Å². The van der Waals surface area contributed by atoms with Crippen molar-refractivity contribution in [2.24, 2.45) is 10.8 Å². The maximum atomic E-state index is 13.3. The Hall–Kier alpha value is -2.34. The lowest BCUT2D eigenvalue weighted by Crippen LogP contribution is -2.65. The molecule has 194 valence electrons. The van der Waals surface area contributed by atoms with Crippen molar-refractivity contribution in [2.75, 3.05) is 19.6 Å². The molecule has 4 aliphatic rings. The molecule has 3 heterocycles. The minimum atomic E-state index is -4.52. The fourth-order valence-electron chi connectivity index (χ4n) is 6.10. The molecule has 2 saturated carbocycles. The number of rotatable bonds is 3. The van der Waals surface area contributed by atoms with E-state index in [2.05, 4.69) is 10.2 Å². The van der Waals surface area contributed by atoms with Crippen LogP contribution in [0.2, 0.25) is 5.02 Å². The van der Waals surface area contributed by atoms with Gasteiger partial charge >= 0.3 is 12.4 Å². The first kappa shape index (κ1) is 24.0. The summed E-state index contributed by atoms with van der Waals surface area (Å²) < 4.78 is 81.2. The van der Waals surface area contributed by atoms with E-state index in [9.17, 15) is 31.1 Å². The molecule has 0 atom stereocenters. The average molecular weight is 534 g/mol. The molecule has 3 fully saturated rings. The number of nitrogens with zero attached hydrogens (tertiary/aromatic N) is 5. The van der Waals surface area contributed by atoms with Gasteiger partial charge in [-0.25, -0.2) is 0 Å². The Morgan fingerprint density at radius 2 is 1.75 bits per heavy atom. The quantitative estimate of drug-likeness (QED) is 0.530. The van der Waals surface area contributed by atoms with E-state index in [0.29, 0.717) is 40.8 Å². The SMILES string of the molecule is O=C(N1CC2(CC(c3nnc4n3-c3ccc(Cl)cc3CN(CC(F)(F)F)C4)C2)C1)C1(C(F)(F)F)CC1. The van der Waals surface area contributed by atoms with Crippen LogP contribution in [-0.2, 0) is 17.9 Å². The van der Waals surface area contributed by atoms with Crippen molar-refractivity contribution in [3.63, 3.8) is 0 Å². The minimum absolute atomic E-state index is 0.0432. The number of carbonyl (C=O) groups excluding carboxylic acids is 1. The van der Waals surface area contributed by atoms with E-state index < -0.39 is 30.2 Å². The van der Waals surface area contributed by atoms with Gasteiger partial charge in [-0.1, -0.05) is 11.6 Å². The molecule has 0 bridgehead atoms. The molecule has 0 radical (unpaired) electrons. The van der Waals surface area contributed by atoms with E-state index >= 15 is 0 Å². The number of amides is 1. The van der Waals surface area contributed by atoms with E-state index in [1.807, 2.05) is 0 Å². The van der Waals surface area contributed by atoms with Gasteiger partial charge in [0.25, 0.3) is 0 Å². The summed E-state index contributed by atoms with van der Waals surface area (Å²) in [5.41, 5.74) is -1.14. The van der Waals surface area contributed by atoms with Gasteiger partial charge in [0.2, 0.25) is 5.91 Å². The number of halogens is 7. The number of likely N-dealkylation sites (tertiary alicyclic amines) is 1. The predicted octanol–water partition coefficient (Wildman–Crippen LogP) is 4.85. The van der Waals surface area contributed by atoms with Gasteiger partial charge in [0.1, 0.15) is 11.2 Å². The standard InChI is InChI=1S/C23H22ClF6N5O/c24-15-1-2-16-13(5-15)8-33(12-22(25,26)27)9-17-31-32-18(35(16)17)14-6-20(7-14)10-34(11-20)19(36)21(3-4-21)23(28,29)30/h1-2,5,14H,3-4,6-12H2. The first-order chi connectivity index (χ1) is 16.8. The molecule has 2 aromatic rings. The number of carbonyl (C=O) groups is 1. The van der Waals surface area contributed by atoms with E-state index in [4.69, 9.17) is 11.6 Å². The highest BCUT2D eigenvalue weighted by atomic mass is 35.5. The van der Waals surface area contributed by atoms with E-state index in [0.717, 1.165) is 0 Å². The molecule has 36 heavy (non-hydrogen) atoms. The van der Waals surface area contributed by atoms with Gasteiger partial charge in [-0.3, -0.25) is 14.3 Å². The molecule has 1 amide bonds. The lowest BCUT2D eigenvalue weighted by Gasteiger charge is -2.59. The molecular formula is C23H22ClF6N5O. The van der Waals surface area contributed by atoms with Crippen molar-refractivity contribution in [2.45, 2.75) is 57.0 Å². The molecular weight excluding hydrogens is 512 g/mol. The zero-order valence-electron chi connectivity index (χ0n) is 19.0. The van der Waals surface area contributed by atoms with Gasteiger partial charge in [-0.2, -0.15) is 26.3 Å². The first-order valence-corrected chi connectivity index (χ1v) is 12.1. The summed E-state index contributed by atoms with van der Waals surface area (Å²) >= 11 is 6.14. The van der Waals surface area contributed by atoms with Crippen molar-refractivity contribution >= 4 is 17.5 Å². The molecule has 2 aliphatic heterocycles. The molecule has 2 aliphatic carbocycles. The van der Waals surface area contributed by atoms with Crippen molar-refractivity contribution < 1.29 is 31.1 Å². The van der Waals surface area contributed by atoms with E-state index in [1.165, 1.54) is 9.80 Å². The Bertz CT molecular complexity index is 1220. The normalized spacial score (nSPS) is 22.9. The molecule has 0 unspecified atom stereocenters. The zero-order valence-corrected chi connectivity index (χ0v) is 19.7. The Kier molecular flexibility index (Phi) is 5.07. The van der Waals surface area contributed by atoms with Crippen molar-refractivity contribution in [1.29, 1.82) is 0 Å². The Morgan fingerprint density at radius 1 is 1.06 bits per heavy atom. The number of benzene rings is 1. The summed E-state index contributed by atoms with van der Waals surface area (Å²) in [5.74, 6) is 0.129. The maximum Gasteiger partial charge on any atom is 0.403 e. The Balaban J connectivity index is 1.20. The van der Waals surface area contributed by atoms with Crippen LogP contribution >= 0.6 is 11.6 Å². The molecule has 0 N–H and O–H groups in total. The van der Waals surface area contributed by atoms with Crippen LogP contribution in [0.25, 0.3) is 5.69 Å². The van der Waals surface area contributed by atoms with Gasteiger partial charge < -0.3 is 4.90 Å². The second-order valence-electron chi connectivity index (χ2n) is 10.7. The molecule has 1 aromatic carbocycles. The summed E-state index contributed by atoms with van der Waals surface area (Å²) in [5, 5.41) is 8.93. The molecule has 1 spiro atoms. The van der Waals surface area contributed by atoms with Crippen LogP contribution in [0.5, 0.6) is 0 Å². The van der Waals surface area contributed by atoms with Gasteiger partial charge in [-0.05, 0) is 49.4 Å². The largest absolute Gasteiger partial charge is 0.403 e. The van der Waals surface area contributed by atoms with Crippen LogP contribution in [0.1, 0.15) is 48.8 Å². The second kappa shape index (κ2) is 7.59. The smallest absolute Gasteiger partial charge is 0.341 e. The summed E-state index contributed by atoms with van der Waals surface area (Å²) in [6.07, 6.45) is -7.95. The summed E-state index contributed by atoms with van der Waals surface area (Å²) in [6, 6.07) is 5.06. The minimum Gasteiger partial charge on any atom is -0.341 e. The summed E-state index contributed by atoms with van der Waals surface area (Å²) in [6.45, 7) is -0.528. The Morgan fingerprint density at radius 3 is 2.36 bits per heavy atom. The van der Waals surface area contributed by atoms with Gasteiger partial charge in [0.05, 0.1) is 18.8 Å². The van der Waals surface area contributed by atoms with E-state index in [1.54, 1.807) is 22.8 Å². The molecule has 13 heteroatoms. The van der Waals surface area contributed by atoms with Crippen LogP contribution in [0.15, 0.2) is 18.2 Å². The number of alkyl halides is 6. The zero-order chi connectivity index (χ0) is 25.7. The van der Waals surface area contributed by atoms with Crippen molar-refractivity contribution in [1.82, 2.24) is 24.6 Å². The van der Waals surface area contributed by atoms with Crippen LogP contribution in [0.4, 0.5) is 26.3 Å². The highest BCUT2D eigenvalue weighted by Gasteiger charge is 2.71. The van der Waals surface area contributed by atoms with Gasteiger partial charge in [0, 0.05) is 36.0 Å². The van der Waals surface area contributed by atoms with Gasteiger partial charge in [-0.15, -0.1) is 10.2 Å². The van der Waals surface area contributed by atoms with Gasteiger partial charge in [0.15, 0.2) is 5.82 Å². The fourth-order valence-corrected chi connectivity index (χ4v) is 6.30. The third kappa shape index (κ3) is 3.79. The molecule has 6 rings (SSSR count). The third-order valence-electron chi connectivity index (χ3n) is 7.97. The Labute approximate surface area is 207 Å². The molecule has 1 saturated heterocycles. The highest BCUT2D eigenvalue weighted by molar-refractivity contribution is 6.30. The summed E-state index contributed by atoms with van der Waals surface area (Å²) in [7, 11) is 0. The predicted molar refractivity (Wildman–Crippen MR) is 115 cm³/mol. The van der Waals surface area contributed by atoms with Crippen LogP contribution < -0.4 is 0 Å². The number of aromatic nitrogens is 3. The highest BCUT2D eigenvalue weighted by Crippen LogP contribution is 2.62. The van der Waals surface area contributed by atoms with E-state index in [-0.39, 0.29) is 50.4 Å². The van der Waals surface area contributed by atoms with Crippen LogP contribution in [0, 0.1) is 10.8 Å². The second-order valence-corrected chi connectivity index (χ2v) is 11.1. The molecule has 6 nitrogen and oxygen atoms in total. The summed E-state index contributed by atoms with van der Waals surface area (Å²) in [4.78, 5) is 15.1. The number of hydrogen-bond donors (Lipinski definition) is 0. The van der Waals surface area contributed by atoms with Crippen molar-refractivity contribution in [3.8, 4) is 5.69 Å². The lowest BCUT2D eigenvalue weighted by molar-refractivity contribution is -0.207.